The lowest BCUT2D eigenvalue weighted by Crippen LogP contribution is -2.49. The molecule has 0 spiro atoms. The van der Waals surface area contributed by atoms with Crippen molar-refractivity contribution in [1.29, 1.82) is 0 Å². The predicted molar refractivity (Wildman–Crippen MR) is 81.2 cm³/mol. The molecule has 1 fully saturated rings. The first kappa shape index (κ1) is 14.9. The van der Waals surface area contributed by atoms with Gasteiger partial charge in [0, 0.05) is 18.8 Å². The largest absolute Gasteiger partial charge is 0.372 e. The topological polar surface area (TPSA) is 41.6 Å². The van der Waals surface area contributed by atoms with Gasteiger partial charge in [0.15, 0.2) is 0 Å². The van der Waals surface area contributed by atoms with Gasteiger partial charge >= 0.3 is 6.03 Å². The summed E-state index contributed by atoms with van der Waals surface area (Å²) in [5, 5.41) is 3.07. The van der Waals surface area contributed by atoms with Gasteiger partial charge < -0.3 is 15.0 Å². The summed E-state index contributed by atoms with van der Waals surface area (Å²) >= 11 is 0. The second kappa shape index (κ2) is 6.27. The number of carbonyl (C=O) groups excluding carboxylic acids is 1. The van der Waals surface area contributed by atoms with E-state index < -0.39 is 0 Å². The van der Waals surface area contributed by atoms with Crippen LogP contribution in [0.2, 0.25) is 0 Å². The number of nitrogens with zero attached hydrogens (tertiary/aromatic N) is 1. The van der Waals surface area contributed by atoms with Gasteiger partial charge in [0.2, 0.25) is 0 Å². The molecule has 2 rings (SSSR count). The number of morpholine rings is 1. The van der Waals surface area contributed by atoms with Crippen molar-refractivity contribution >= 4 is 11.7 Å². The molecular weight excluding hydrogens is 252 g/mol. The van der Waals surface area contributed by atoms with Crippen LogP contribution in [-0.2, 0) is 11.2 Å². The van der Waals surface area contributed by atoms with E-state index in [-0.39, 0.29) is 18.2 Å². The second-order valence-electron chi connectivity index (χ2n) is 5.56. The minimum Gasteiger partial charge on any atom is -0.372 e. The van der Waals surface area contributed by atoms with Gasteiger partial charge in [-0.2, -0.15) is 0 Å². The van der Waals surface area contributed by atoms with Crippen molar-refractivity contribution in [2.75, 3.05) is 18.4 Å². The average Bonchev–Trinajstić information content (AvgIpc) is 2.39. The number of benzene rings is 1. The Morgan fingerprint density at radius 3 is 2.60 bits per heavy atom. The molecule has 1 heterocycles. The Morgan fingerprint density at radius 1 is 1.35 bits per heavy atom. The van der Waals surface area contributed by atoms with Crippen LogP contribution in [0.4, 0.5) is 10.5 Å². The lowest BCUT2D eigenvalue weighted by atomic mass is 10.1. The quantitative estimate of drug-likeness (QED) is 0.901. The van der Waals surface area contributed by atoms with Gasteiger partial charge in [0.25, 0.3) is 0 Å². The smallest absolute Gasteiger partial charge is 0.322 e. The average molecular weight is 276 g/mol. The van der Waals surface area contributed by atoms with Crippen molar-refractivity contribution in [2.45, 2.75) is 46.3 Å². The third kappa shape index (κ3) is 3.31. The van der Waals surface area contributed by atoms with Crippen molar-refractivity contribution in [2.24, 2.45) is 0 Å². The molecule has 0 radical (unpaired) electrons. The molecule has 1 aliphatic heterocycles. The maximum Gasteiger partial charge on any atom is 0.322 e. The third-order valence-corrected chi connectivity index (χ3v) is 3.68. The highest BCUT2D eigenvalue weighted by Gasteiger charge is 2.26. The van der Waals surface area contributed by atoms with E-state index in [1.165, 1.54) is 5.56 Å². The van der Waals surface area contributed by atoms with Crippen LogP contribution in [0.1, 0.15) is 31.9 Å². The summed E-state index contributed by atoms with van der Waals surface area (Å²) in [5.41, 5.74) is 3.23. The fourth-order valence-corrected chi connectivity index (χ4v) is 2.73. The van der Waals surface area contributed by atoms with E-state index in [1.54, 1.807) is 0 Å². The van der Waals surface area contributed by atoms with Crippen LogP contribution in [0.5, 0.6) is 0 Å². The summed E-state index contributed by atoms with van der Waals surface area (Å²) in [6, 6.07) is 6.09. The van der Waals surface area contributed by atoms with E-state index in [9.17, 15) is 4.79 Å². The maximum absolute atomic E-state index is 12.4. The van der Waals surface area contributed by atoms with Crippen LogP contribution >= 0.6 is 0 Å². The van der Waals surface area contributed by atoms with Crippen molar-refractivity contribution in [3.63, 3.8) is 0 Å². The van der Waals surface area contributed by atoms with Gasteiger partial charge in [0.1, 0.15) is 0 Å². The lowest BCUT2D eigenvalue weighted by Gasteiger charge is -2.35. The Morgan fingerprint density at radius 2 is 2.00 bits per heavy atom. The van der Waals surface area contributed by atoms with E-state index in [4.69, 9.17) is 4.74 Å². The standard InChI is InChI=1S/C16H24N2O2/c1-5-14-8-6-7-11(2)15(14)17-16(19)18-9-12(3)20-13(4)10-18/h6-8,12-13H,5,9-10H2,1-4H3,(H,17,19)/t12-,13-/m1/s1. The van der Waals surface area contributed by atoms with Gasteiger partial charge in [-0.3, -0.25) is 0 Å². The minimum atomic E-state index is -0.0315. The van der Waals surface area contributed by atoms with Crippen LogP contribution in [-0.4, -0.2) is 36.2 Å². The number of carbonyl (C=O) groups is 1. The number of nitrogens with one attached hydrogen (secondary N) is 1. The first-order valence-corrected chi connectivity index (χ1v) is 7.31. The molecule has 4 nitrogen and oxygen atoms in total. The number of hydrogen-bond donors (Lipinski definition) is 1. The van der Waals surface area contributed by atoms with E-state index in [1.807, 2.05) is 37.8 Å². The number of hydrogen-bond acceptors (Lipinski definition) is 2. The van der Waals surface area contributed by atoms with Crippen LogP contribution in [0, 0.1) is 6.92 Å². The molecule has 1 saturated heterocycles. The Hall–Kier alpha value is -1.55. The molecule has 1 N–H and O–H groups in total. The van der Waals surface area contributed by atoms with Gasteiger partial charge in [0.05, 0.1) is 12.2 Å². The van der Waals surface area contributed by atoms with E-state index in [0.717, 1.165) is 17.7 Å². The van der Waals surface area contributed by atoms with Gasteiger partial charge in [-0.1, -0.05) is 25.1 Å². The molecule has 0 unspecified atom stereocenters. The number of rotatable bonds is 2. The zero-order valence-electron chi connectivity index (χ0n) is 12.8. The Labute approximate surface area is 121 Å². The number of para-hydroxylation sites is 1. The summed E-state index contributed by atoms with van der Waals surface area (Å²) in [5.74, 6) is 0. The van der Waals surface area contributed by atoms with Gasteiger partial charge in [-0.05, 0) is 38.3 Å². The number of urea groups is 1. The van der Waals surface area contributed by atoms with E-state index in [0.29, 0.717) is 13.1 Å². The zero-order chi connectivity index (χ0) is 14.7. The summed E-state index contributed by atoms with van der Waals surface area (Å²) in [6.45, 7) is 9.41. The minimum absolute atomic E-state index is 0.0315. The number of anilines is 1. The highest BCUT2D eigenvalue weighted by Crippen LogP contribution is 2.22. The Balaban J connectivity index is 2.12. The van der Waals surface area contributed by atoms with Gasteiger partial charge in [-0.25, -0.2) is 4.79 Å². The highest BCUT2D eigenvalue weighted by molar-refractivity contribution is 5.91. The van der Waals surface area contributed by atoms with Crippen molar-refractivity contribution < 1.29 is 9.53 Å². The molecule has 1 aromatic rings. The van der Waals surface area contributed by atoms with Crippen molar-refractivity contribution in [3.8, 4) is 0 Å². The Kier molecular flexibility index (Phi) is 4.65. The van der Waals surface area contributed by atoms with Crippen molar-refractivity contribution in [1.82, 2.24) is 4.90 Å². The fraction of sp³-hybridized carbons (Fsp3) is 0.562. The third-order valence-electron chi connectivity index (χ3n) is 3.68. The molecule has 0 aliphatic carbocycles. The summed E-state index contributed by atoms with van der Waals surface area (Å²) < 4.78 is 5.66. The van der Waals surface area contributed by atoms with Crippen molar-refractivity contribution in [3.05, 3.63) is 29.3 Å². The second-order valence-corrected chi connectivity index (χ2v) is 5.56. The molecule has 4 heteroatoms. The number of ether oxygens (including phenoxy) is 1. The molecule has 2 amide bonds. The molecule has 1 aromatic carbocycles. The lowest BCUT2D eigenvalue weighted by molar-refractivity contribution is -0.0530. The summed E-state index contributed by atoms with van der Waals surface area (Å²) in [7, 11) is 0. The highest BCUT2D eigenvalue weighted by atomic mass is 16.5. The molecule has 0 saturated carbocycles. The molecule has 20 heavy (non-hydrogen) atoms. The molecule has 2 atom stereocenters. The van der Waals surface area contributed by atoms with Gasteiger partial charge in [-0.15, -0.1) is 0 Å². The monoisotopic (exact) mass is 276 g/mol. The first-order chi connectivity index (χ1) is 9.51. The molecule has 1 aliphatic rings. The number of aryl methyl sites for hydroxylation is 2. The molecular formula is C16H24N2O2. The molecule has 0 aromatic heterocycles. The van der Waals surface area contributed by atoms with Crippen LogP contribution in [0.25, 0.3) is 0 Å². The normalized spacial score (nSPS) is 22.7. The Bertz CT molecular complexity index is 477. The van der Waals surface area contributed by atoms with E-state index >= 15 is 0 Å². The summed E-state index contributed by atoms with van der Waals surface area (Å²) in [4.78, 5) is 14.3. The molecule has 0 bridgehead atoms. The maximum atomic E-state index is 12.4. The fourth-order valence-electron chi connectivity index (χ4n) is 2.73. The first-order valence-electron chi connectivity index (χ1n) is 7.31. The summed E-state index contributed by atoms with van der Waals surface area (Å²) in [6.07, 6.45) is 1.09. The molecule has 110 valence electrons. The van der Waals surface area contributed by atoms with E-state index in [2.05, 4.69) is 18.3 Å². The predicted octanol–water partition coefficient (Wildman–Crippen LogP) is 3.20. The van der Waals surface area contributed by atoms with Crippen LogP contribution < -0.4 is 5.32 Å². The SMILES string of the molecule is CCc1cccc(C)c1NC(=O)N1C[C@@H](C)O[C@H](C)C1. The van der Waals surface area contributed by atoms with Crippen LogP contribution in [0.15, 0.2) is 18.2 Å². The zero-order valence-corrected chi connectivity index (χ0v) is 12.8. The van der Waals surface area contributed by atoms with Crippen LogP contribution in [0.3, 0.4) is 0 Å². The number of amides is 2.